The van der Waals surface area contributed by atoms with Gasteiger partial charge in [-0.15, -0.1) is 11.0 Å². The van der Waals surface area contributed by atoms with Gasteiger partial charge in [-0.1, -0.05) is 27.7 Å². The fourth-order valence-corrected chi connectivity index (χ4v) is 4.13. The second-order valence-electron chi connectivity index (χ2n) is 9.76. The second-order valence-corrected chi connectivity index (χ2v) is 9.76. The van der Waals surface area contributed by atoms with Gasteiger partial charge in [-0.25, -0.2) is 9.59 Å². The molecule has 0 unspecified atom stereocenters. The Hall–Kier alpha value is -1.38. The van der Waals surface area contributed by atoms with E-state index >= 15 is 0 Å². The third-order valence-corrected chi connectivity index (χ3v) is 6.85. The Labute approximate surface area is 174 Å². The highest BCUT2D eigenvalue weighted by Gasteiger charge is 2.70. The van der Waals surface area contributed by atoms with Crippen molar-refractivity contribution >= 4 is 11.9 Å². The molecule has 172 valence electrons. The summed E-state index contributed by atoms with van der Waals surface area (Å²) in [6.45, 7) is 4.88. The molecule has 3 aliphatic rings. The lowest BCUT2D eigenvalue weighted by Crippen LogP contribution is -2.93. The third-order valence-electron chi connectivity index (χ3n) is 6.85. The lowest BCUT2D eigenvalue weighted by molar-refractivity contribution is -0.283. The van der Waals surface area contributed by atoms with E-state index in [-0.39, 0.29) is 12.8 Å². The maximum absolute atomic E-state index is 12.5. The van der Waals surface area contributed by atoms with Gasteiger partial charge in [0.25, 0.3) is 0 Å². The molecule has 30 heavy (non-hydrogen) atoms. The van der Waals surface area contributed by atoms with Crippen LogP contribution in [0.4, 0.5) is 0 Å². The average molecular weight is 432 g/mol. The van der Waals surface area contributed by atoms with Crippen molar-refractivity contribution in [3.8, 4) is 0 Å². The van der Waals surface area contributed by atoms with Gasteiger partial charge in [-0.3, -0.25) is 10.6 Å². The minimum absolute atomic E-state index is 0.289. The molecule has 0 aromatic heterocycles. The van der Waals surface area contributed by atoms with E-state index in [1.807, 2.05) is 0 Å². The Balaban J connectivity index is 2.08. The van der Waals surface area contributed by atoms with E-state index in [0.717, 1.165) is 0 Å². The molecule has 3 rings (SSSR count). The molecule has 8 N–H and O–H groups in total. The fraction of sp³-hybridized carbons (Fsp3) is 0.889. The zero-order valence-corrected chi connectivity index (χ0v) is 17.7. The molecule has 4 atom stereocenters. The van der Waals surface area contributed by atoms with Crippen LogP contribution in [0.1, 0.15) is 53.4 Å². The standard InChI is InChI=1S/C18H32N4O8/c1-13(2,9-23)17(27)11(25)29-21-15(19-17)7-5-6-8-16(15)20-18(28,12(26)30-22-16)14(3,4)10-24/h19-24,27-28H,5-10H2,1-4H3/t15-,16-,17-,18-/m1/s1. The predicted octanol–water partition coefficient (Wildman–Crippen LogP) is -2.33. The van der Waals surface area contributed by atoms with E-state index in [9.17, 15) is 30.0 Å². The van der Waals surface area contributed by atoms with E-state index < -0.39 is 58.8 Å². The molecule has 0 bridgehead atoms. The van der Waals surface area contributed by atoms with Crippen LogP contribution >= 0.6 is 0 Å². The van der Waals surface area contributed by atoms with Crippen molar-refractivity contribution in [1.82, 2.24) is 21.6 Å². The number of aliphatic hydroxyl groups excluding tert-OH is 2. The van der Waals surface area contributed by atoms with E-state index in [1.54, 1.807) is 0 Å². The molecule has 2 heterocycles. The number of fused-ring (bicyclic) bond motifs is 1. The van der Waals surface area contributed by atoms with Gasteiger partial charge in [0.05, 0.1) is 13.2 Å². The number of carbonyl (C=O) groups is 2. The summed E-state index contributed by atoms with van der Waals surface area (Å²) in [6.07, 6.45) is 1.87. The van der Waals surface area contributed by atoms with Crippen molar-refractivity contribution in [2.45, 2.75) is 76.2 Å². The normalized spacial score (nSPS) is 40.4. The summed E-state index contributed by atoms with van der Waals surface area (Å²) in [5.74, 6) is -2.07. The predicted molar refractivity (Wildman–Crippen MR) is 100 cm³/mol. The number of carbonyl (C=O) groups excluding carboxylic acids is 2. The molecule has 1 saturated carbocycles. The highest BCUT2D eigenvalue weighted by molar-refractivity contribution is 5.82. The minimum Gasteiger partial charge on any atom is -0.396 e. The number of nitrogens with one attached hydrogen (secondary N) is 4. The molecule has 12 nitrogen and oxygen atoms in total. The lowest BCUT2D eigenvalue weighted by atomic mass is 9.71. The van der Waals surface area contributed by atoms with Crippen LogP contribution in [0.5, 0.6) is 0 Å². The van der Waals surface area contributed by atoms with E-state index in [4.69, 9.17) is 9.68 Å². The van der Waals surface area contributed by atoms with Gasteiger partial charge in [0.2, 0.25) is 11.4 Å². The molecular formula is C18H32N4O8. The van der Waals surface area contributed by atoms with Crippen LogP contribution in [0.3, 0.4) is 0 Å². The molecular weight excluding hydrogens is 400 g/mol. The highest BCUT2D eigenvalue weighted by Crippen LogP contribution is 2.45. The zero-order valence-electron chi connectivity index (χ0n) is 17.7. The van der Waals surface area contributed by atoms with Gasteiger partial charge in [-0.05, 0) is 25.7 Å². The van der Waals surface area contributed by atoms with Gasteiger partial charge >= 0.3 is 11.9 Å². The quantitative estimate of drug-likeness (QED) is 0.238. The first kappa shape index (κ1) is 23.3. The molecule has 2 spiro atoms. The van der Waals surface area contributed by atoms with Gasteiger partial charge in [0.15, 0.2) is 0 Å². The third kappa shape index (κ3) is 2.98. The Morgan fingerprint density at radius 2 is 1.13 bits per heavy atom. The van der Waals surface area contributed by atoms with Crippen molar-refractivity contribution in [2.75, 3.05) is 13.2 Å². The molecule has 1 aliphatic carbocycles. The van der Waals surface area contributed by atoms with Crippen molar-refractivity contribution < 1.29 is 39.7 Å². The van der Waals surface area contributed by atoms with E-state index in [0.29, 0.717) is 12.8 Å². The first-order valence-corrected chi connectivity index (χ1v) is 9.97. The molecule has 3 fully saturated rings. The van der Waals surface area contributed by atoms with Crippen molar-refractivity contribution in [2.24, 2.45) is 10.8 Å². The topological polar surface area (TPSA) is 182 Å². The smallest absolute Gasteiger partial charge is 0.373 e. The van der Waals surface area contributed by atoms with Crippen LogP contribution in [-0.4, -0.2) is 68.4 Å². The van der Waals surface area contributed by atoms with E-state index in [1.165, 1.54) is 27.7 Å². The minimum atomic E-state index is -2.30. The molecule has 0 aromatic carbocycles. The summed E-state index contributed by atoms with van der Waals surface area (Å²) in [4.78, 5) is 35.3. The number of hydroxylamine groups is 2. The molecule has 2 aliphatic heterocycles. The van der Waals surface area contributed by atoms with Crippen molar-refractivity contribution in [1.29, 1.82) is 0 Å². The van der Waals surface area contributed by atoms with Crippen molar-refractivity contribution in [3.05, 3.63) is 0 Å². The first-order chi connectivity index (χ1) is 13.7. The Morgan fingerprint density at radius 1 is 0.800 bits per heavy atom. The van der Waals surface area contributed by atoms with Crippen LogP contribution in [0, 0.1) is 10.8 Å². The average Bonchev–Trinajstić information content (AvgIpc) is 2.70. The number of aliphatic hydroxyl groups is 4. The number of rotatable bonds is 4. The monoisotopic (exact) mass is 432 g/mol. The molecule has 0 amide bonds. The molecule has 12 heteroatoms. The molecule has 2 saturated heterocycles. The van der Waals surface area contributed by atoms with Crippen LogP contribution in [-0.2, 0) is 19.3 Å². The van der Waals surface area contributed by atoms with E-state index in [2.05, 4.69) is 21.6 Å². The van der Waals surface area contributed by atoms with Crippen LogP contribution in [0.2, 0.25) is 0 Å². The highest BCUT2D eigenvalue weighted by atomic mass is 16.7. The molecule has 0 radical (unpaired) electrons. The van der Waals surface area contributed by atoms with Gasteiger partial charge < -0.3 is 30.1 Å². The first-order valence-electron chi connectivity index (χ1n) is 9.97. The van der Waals surface area contributed by atoms with Gasteiger partial charge in [-0.2, -0.15) is 0 Å². The van der Waals surface area contributed by atoms with Crippen molar-refractivity contribution in [3.63, 3.8) is 0 Å². The summed E-state index contributed by atoms with van der Waals surface area (Å²) in [6, 6.07) is 0. The lowest BCUT2D eigenvalue weighted by Gasteiger charge is -2.62. The maximum atomic E-state index is 12.5. The summed E-state index contributed by atoms with van der Waals surface area (Å²) >= 11 is 0. The fourth-order valence-electron chi connectivity index (χ4n) is 4.13. The summed E-state index contributed by atoms with van der Waals surface area (Å²) in [5.41, 5.74) is -4.92. The summed E-state index contributed by atoms with van der Waals surface area (Å²) < 4.78 is 0. The number of hydrogen-bond donors (Lipinski definition) is 8. The van der Waals surface area contributed by atoms with Crippen LogP contribution < -0.4 is 21.6 Å². The molecule has 0 aromatic rings. The maximum Gasteiger partial charge on any atom is 0.373 e. The van der Waals surface area contributed by atoms with Gasteiger partial charge in [0.1, 0.15) is 11.3 Å². The zero-order chi connectivity index (χ0) is 22.6. The summed E-state index contributed by atoms with van der Waals surface area (Å²) in [7, 11) is 0. The summed E-state index contributed by atoms with van der Waals surface area (Å²) in [5, 5.41) is 47.8. The number of hydrogen-bond acceptors (Lipinski definition) is 12. The Morgan fingerprint density at radius 3 is 1.43 bits per heavy atom. The second kappa shape index (κ2) is 7.07. The largest absolute Gasteiger partial charge is 0.396 e. The van der Waals surface area contributed by atoms with Crippen LogP contribution in [0.25, 0.3) is 0 Å². The van der Waals surface area contributed by atoms with Gasteiger partial charge in [0, 0.05) is 10.8 Å². The Bertz CT molecular complexity index is 673. The Kier molecular flexibility index (Phi) is 5.49. The van der Waals surface area contributed by atoms with Crippen LogP contribution in [0.15, 0.2) is 0 Å². The SMILES string of the molecule is CC(C)(CO)[C@@]1(O)N[C@]2(CCCC[C@@]23NOC(=O)[C@@](O)(C(C)(C)CO)N3)NOC1=O.